The maximum absolute atomic E-state index is 11.9. The van der Waals surface area contributed by atoms with Crippen LogP contribution in [0.25, 0.3) is 0 Å². The Bertz CT molecular complexity index is 701. The minimum absolute atomic E-state index is 0.331. The van der Waals surface area contributed by atoms with Crippen molar-refractivity contribution in [3.63, 3.8) is 0 Å². The van der Waals surface area contributed by atoms with Gasteiger partial charge in [-0.1, -0.05) is 17.7 Å². The Morgan fingerprint density at radius 3 is 2.48 bits per heavy atom. The van der Waals surface area contributed by atoms with Gasteiger partial charge in [-0.25, -0.2) is 4.98 Å². The zero-order chi connectivity index (χ0) is 15.4. The fourth-order valence-corrected chi connectivity index (χ4v) is 1.86. The maximum atomic E-state index is 11.9. The van der Waals surface area contributed by atoms with Gasteiger partial charge >= 0.3 is 11.8 Å². The fraction of sp³-hybridized carbons (Fsp3) is 0.133. The lowest BCUT2D eigenvalue weighted by Crippen LogP contribution is -2.29. The highest BCUT2D eigenvalue weighted by molar-refractivity contribution is 6.43. The molecule has 0 unspecified atom stereocenters. The van der Waals surface area contributed by atoms with Crippen molar-refractivity contribution in [2.24, 2.45) is 0 Å². The van der Waals surface area contributed by atoms with Crippen LogP contribution in [0.3, 0.4) is 0 Å². The first-order valence-electron chi connectivity index (χ1n) is 6.27. The van der Waals surface area contributed by atoms with Gasteiger partial charge in [0.25, 0.3) is 0 Å². The van der Waals surface area contributed by atoms with Crippen LogP contribution in [0.4, 0.5) is 11.5 Å². The highest BCUT2D eigenvalue weighted by Gasteiger charge is 2.15. The van der Waals surface area contributed by atoms with Crippen molar-refractivity contribution in [1.29, 1.82) is 0 Å². The summed E-state index contributed by atoms with van der Waals surface area (Å²) < 4.78 is 0. The second-order valence-corrected chi connectivity index (χ2v) is 5.02. The SMILES string of the molecule is Cc1ccnc(NC(=O)C(=O)Nc2cc(Cl)ccc2C)c1. The highest BCUT2D eigenvalue weighted by Crippen LogP contribution is 2.20. The molecule has 0 atom stereocenters. The third-order valence-corrected chi connectivity index (χ3v) is 3.05. The quantitative estimate of drug-likeness (QED) is 0.838. The summed E-state index contributed by atoms with van der Waals surface area (Å²) in [4.78, 5) is 27.7. The molecule has 0 aliphatic rings. The standard InChI is InChI=1S/C15H14ClN3O2/c1-9-5-6-17-13(7-9)19-15(21)14(20)18-12-8-11(16)4-3-10(12)2/h3-8H,1-2H3,(H,18,20)(H,17,19,21). The second kappa shape index (κ2) is 6.37. The summed E-state index contributed by atoms with van der Waals surface area (Å²) in [6.45, 7) is 3.68. The molecule has 0 radical (unpaired) electrons. The van der Waals surface area contributed by atoms with Crippen LogP contribution in [-0.2, 0) is 9.59 Å². The minimum Gasteiger partial charge on any atom is -0.317 e. The third-order valence-electron chi connectivity index (χ3n) is 2.81. The molecule has 0 fully saturated rings. The van der Waals surface area contributed by atoms with Gasteiger partial charge in [0.05, 0.1) is 0 Å². The molecular formula is C15H14ClN3O2. The minimum atomic E-state index is -0.785. The Morgan fingerprint density at radius 1 is 1.05 bits per heavy atom. The summed E-state index contributed by atoms with van der Waals surface area (Å²) in [5.74, 6) is -1.23. The van der Waals surface area contributed by atoms with Gasteiger partial charge in [-0.3, -0.25) is 9.59 Å². The summed E-state index contributed by atoms with van der Waals surface area (Å²) >= 11 is 5.87. The van der Waals surface area contributed by atoms with Crippen molar-refractivity contribution in [2.45, 2.75) is 13.8 Å². The number of aromatic nitrogens is 1. The summed E-state index contributed by atoms with van der Waals surface area (Å²) in [6.07, 6.45) is 1.56. The lowest BCUT2D eigenvalue weighted by molar-refractivity contribution is -0.133. The Morgan fingerprint density at radius 2 is 1.76 bits per heavy atom. The van der Waals surface area contributed by atoms with E-state index < -0.39 is 11.8 Å². The smallest absolute Gasteiger partial charge is 0.315 e. The van der Waals surface area contributed by atoms with Crippen molar-refractivity contribution >= 4 is 34.9 Å². The van der Waals surface area contributed by atoms with E-state index in [-0.39, 0.29) is 0 Å². The normalized spacial score (nSPS) is 10.0. The summed E-state index contributed by atoms with van der Waals surface area (Å²) in [6, 6.07) is 8.54. The van der Waals surface area contributed by atoms with Gasteiger partial charge in [0.15, 0.2) is 0 Å². The van der Waals surface area contributed by atoms with Crippen LogP contribution in [0.2, 0.25) is 5.02 Å². The van der Waals surface area contributed by atoms with Crippen LogP contribution in [-0.4, -0.2) is 16.8 Å². The molecule has 0 saturated carbocycles. The summed E-state index contributed by atoms with van der Waals surface area (Å²) in [5, 5.41) is 5.45. The number of hydrogen-bond donors (Lipinski definition) is 2. The Kier molecular flexibility index (Phi) is 4.55. The zero-order valence-electron chi connectivity index (χ0n) is 11.6. The first kappa shape index (κ1) is 15.0. The van der Waals surface area contributed by atoms with E-state index in [4.69, 9.17) is 11.6 Å². The molecule has 1 aromatic heterocycles. The van der Waals surface area contributed by atoms with Crippen molar-refractivity contribution in [2.75, 3.05) is 10.6 Å². The molecule has 6 heteroatoms. The second-order valence-electron chi connectivity index (χ2n) is 4.59. The maximum Gasteiger partial charge on any atom is 0.315 e. The van der Waals surface area contributed by atoms with Crippen LogP contribution in [0, 0.1) is 13.8 Å². The van der Waals surface area contributed by atoms with Crippen LogP contribution < -0.4 is 10.6 Å². The average Bonchev–Trinajstić information content (AvgIpc) is 2.43. The number of rotatable bonds is 2. The first-order valence-corrected chi connectivity index (χ1v) is 6.64. The number of pyridine rings is 1. The molecule has 2 rings (SSSR count). The van der Waals surface area contributed by atoms with E-state index in [0.717, 1.165) is 11.1 Å². The molecule has 0 aliphatic carbocycles. The fourth-order valence-electron chi connectivity index (χ4n) is 1.69. The molecule has 1 heterocycles. The van der Waals surface area contributed by atoms with E-state index in [0.29, 0.717) is 16.5 Å². The lowest BCUT2D eigenvalue weighted by Gasteiger charge is -2.09. The van der Waals surface area contributed by atoms with Gasteiger partial charge in [0.2, 0.25) is 0 Å². The van der Waals surface area contributed by atoms with E-state index in [9.17, 15) is 9.59 Å². The molecule has 0 saturated heterocycles. The Labute approximate surface area is 127 Å². The number of nitrogens with one attached hydrogen (secondary N) is 2. The lowest BCUT2D eigenvalue weighted by atomic mass is 10.2. The Hall–Kier alpha value is -2.40. The van der Waals surface area contributed by atoms with Gasteiger partial charge in [-0.15, -0.1) is 0 Å². The van der Waals surface area contributed by atoms with Crippen molar-refractivity contribution in [3.05, 3.63) is 52.7 Å². The molecule has 21 heavy (non-hydrogen) atoms. The Balaban J connectivity index is 2.06. The number of anilines is 2. The average molecular weight is 304 g/mol. The van der Waals surface area contributed by atoms with Crippen LogP contribution >= 0.6 is 11.6 Å². The third kappa shape index (κ3) is 4.03. The van der Waals surface area contributed by atoms with Crippen LogP contribution in [0.5, 0.6) is 0 Å². The number of nitrogens with zero attached hydrogens (tertiary/aromatic N) is 1. The topological polar surface area (TPSA) is 71.1 Å². The van der Waals surface area contributed by atoms with E-state index in [1.165, 1.54) is 0 Å². The highest BCUT2D eigenvalue weighted by atomic mass is 35.5. The number of halogens is 1. The molecule has 0 spiro atoms. The molecule has 108 valence electrons. The van der Waals surface area contributed by atoms with Crippen molar-refractivity contribution in [3.8, 4) is 0 Å². The summed E-state index contributed by atoms with van der Waals surface area (Å²) in [7, 11) is 0. The van der Waals surface area contributed by atoms with Gasteiger partial charge in [0.1, 0.15) is 5.82 Å². The molecule has 2 N–H and O–H groups in total. The zero-order valence-corrected chi connectivity index (χ0v) is 12.4. The molecule has 2 amide bonds. The van der Waals surface area contributed by atoms with E-state index in [2.05, 4.69) is 15.6 Å². The summed E-state index contributed by atoms with van der Waals surface area (Å²) in [5.41, 5.74) is 2.25. The van der Waals surface area contributed by atoms with Crippen LogP contribution in [0.1, 0.15) is 11.1 Å². The van der Waals surface area contributed by atoms with E-state index >= 15 is 0 Å². The van der Waals surface area contributed by atoms with Gasteiger partial charge < -0.3 is 10.6 Å². The van der Waals surface area contributed by atoms with E-state index in [1.54, 1.807) is 36.5 Å². The van der Waals surface area contributed by atoms with E-state index in [1.807, 2.05) is 13.8 Å². The molecule has 2 aromatic rings. The molecule has 0 bridgehead atoms. The molecular weight excluding hydrogens is 290 g/mol. The number of amides is 2. The molecule has 0 aliphatic heterocycles. The predicted octanol–water partition coefficient (Wildman–Crippen LogP) is 2.93. The van der Waals surface area contributed by atoms with Crippen LogP contribution in [0.15, 0.2) is 36.5 Å². The predicted molar refractivity (Wildman–Crippen MR) is 82.4 cm³/mol. The molecule has 5 nitrogen and oxygen atoms in total. The first-order chi connectivity index (χ1) is 9.95. The monoisotopic (exact) mass is 303 g/mol. The van der Waals surface area contributed by atoms with Crippen molar-refractivity contribution in [1.82, 2.24) is 4.98 Å². The van der Waals surface area contributed by atoms with Gasteiger partial charge in [0, 0.05) is 16.9 Å². The molecule has 1 aromatic carbocycles. The number of aryl methyl sites for hydroxylation is 2. The number of carbonyl (C=O) groups excluding carboxylic acids is 2. The number of carbonyl (C=O) groups is 2. The van der Waals surface area contributed by atoms with Crippen molar-refractivity contribution < 1.29 is 9.59 Å². The number of hydrogen-bond acceptors (Lipinski definition) is 3. The number of benzene rings is 1. The van der Waals surface area contributed by atoms with Gasteiger partial charge in [-0.2, -0.15) is 0 Å². The largest absolute Gasteiger partial charge is 0.317 e. The van der Waals surface area contributed by atoms with Gasteiger partial charge in [-0.05, 0) is 49.2 Å².